The summed E-state index contributed by atoms with van der Waals surface area (Å²) >= 11 is 0. The summed E-state index contributed by atoms with van der Waals surface area (Å²) in [5.41, 5.74) is 1.17. The fourth-order valence-electron chi connectivity index (χ4n) is 4.06. The van der Waals surface area contributed by atoms with Crippen molar-refractivity contribution < 1.29 is 23.9 Å². The summed E-state index contributed by atoms with van der Waals surface area (Å²) in [6.07, 6.45) is 0.323. The topological polar surface area (TPSA) is 109 Å². The van der Waals surface area contributed by atoms with Crippen molar-refractivity contribution in [2.45, 2.75) is 39.7 Å². The van der Waals surface area contributed by atoms with Gasteiger partial charge in [-0.3, -0.25) is 19.3 Å². The third kappa shape index (κ3) is 3.28. The van der Waals surface area contributed by atoms with Crippen LogP contribution in [0.25, 0.3) is 0 Å². The predicted molar refractivity (Wildman–Crippen MR) is 110 cm³/mol. The minimum atomic E-state index is -1.24. The zero-order valence-corrected chi connectivity index (χ0v) is 17.7. The molecule has 0 bridgehead atoms. The molecule has 8 heteroatoms. The Morgan fingerprint density at radius 2 is 1.77 bits per heavy atom. The molecule has 1 aliphatic heterocycles. The molecule has 1 fully saturated rings. The van der Waals surface area contributed by atoms with Crippen LogP contribution in [0.4, 0.5) is 4.79 Å². The summed E-state index contributed by atoms with van der Waals surface area (Å²) in [7, 11) is 1.54. The van der Waals surface area contributed by atoms with Crippen LogP contribution >= 0.6 is 0 Å². The Labute approximate surface area is 174 Å². The van der Waals surface area contributed by atoms with E-state index >= 15 is 0 Å². The van der Waals surface area contributed by atoms with Crippen molar-refractivity contribution in [1.29, 1.82) is 0 Å². The van der Waals surface area contributed by atoms with Gasteiger partial charge in [0.15, 0.2) is 11.6 Å². The van der Waals surface area contributed by atoms with E-state index in [2.05, 4.69) is 10.3 Å². The first-order valence-corrected chi connectivity index (χ1v) is 9.68. The number of rotatable bonds is 7. The highest BCUT2D eigenvalue weighted by atomic mass is 16.5. The van der Waals surface area contributed by atoms with E-state index < -0.39 is 29.8 Å². The Kier molecular flexibility index (Phi) is 5.52. The number of H-pyrrole nitrogens is 1. The highest BCUT2D eigenvalue weighted by Gasteiger charge is 2.51. The van der Waals surface area contributed by atoms with E-state index in [1.807, 2.05) is 0 Å². The van der Waals surface area contributed by atoms with E-state index in [0.29, 0.717) is 34.6 Å². The van der Waals surface area contributed by atoms with Crippen molar-refractivity contribution in [2.24, 2.45) is 0 Å². The fraction of sp³-hybridized carbons (Fsp3) is 0.364. The number of amides is 3. The van der Waals surface area contributed by atoms with Gasteiger partial charge in [0, 0.05) is 11.3 Å². The molecule has 8 nitrogen and oxygen atoms in total. The minimum absolute atomic E-state index is 0.153. The first kappa shape index (κ1) is 21.3. The van der Waals surface area contributed by atoms with Crippen molar-refractivity contribution in [3.63, 3.8) is 0 Å². The zero-order chi connectivity index (χ0) is 22.2. The van der Waals surface area contributed by atoms with Gasteiger partial charge >= 0.3 is 6.03 Å². The standard InChI is InChI=1S/C22H25N3O5/c1-6-22(15-7-9-16(30-5)10-8-15)20(28)25(21(29)24-22)11-17(27)19-12(2)18(14(4)26)13(3)23-19/h7-10,23H,6,11H2,1-5H3,(H,24,29)/t22-/m1/s1. The van der Waals surface area contributed by atoms with E-state index in [9.17, 15) is 19.2 Å². The van der Waals surface area contributed by atoms with Crippen LogP contribution in [0.15, 0.2) is 24.3 Å². The van der Waals surface area contributed by atoms with Crippen LogP contribution in [-0.4, -0.2) is 47.0 Å². The van der Waals surface area contributed by atoms with Crippen molar-refractivity contribution in [3.8, 4) is 5.75 Å². The second-order valence-electron chi connectivity index (χ2n) is 7.41. The number of methoxy groups -OCH3 is 1. The molecule has 1 atom stereocenters. The van der Waals surface area contributed by atoms with E-state index in [0.717, 1.165) is 4.90 Å². The lowest BCUT2D eigenvalue weighted by Gasteiger charge is -2.25. The number of hydrogen-bond acceptors (Lipinski definition) is 5. The average molecular weight is 411 g/mol. The third-order valence-electron chi connectivity index (χ3n) is 5.66. The Balaban J connectivity index is 1.90. The molecule has 0 unspecified atom stereocenters. The van der Waals surface area contributed by atoms with E-state index in [-0.39, 0.29) is 11.5 Å². The molecule has 0 radical (unpaired) electrons. The zero-order valence-electron chi connectivity index (χ0n) is 17.7. The van der Waals surface area contributed by atoms with Crippen LogP contribution in [0.5, 0.6) is 5.75 Å². The first-order chi connectivity index (χ1) is 14.2. The molecular formula is C22H25N3O5. The number of aromatic amines is 1. The lowest BCUT2D eigenvalue weighted by atomic mass is 9.87. The second-order valence-corrected chi connectivity index (χ2v) is 7.41. The summed E-state index contributed by atoms with van der Waals surface area (Å²) < 4.78 is 5.15. The Morgan fingerprint density at radius 1 is 1.13 bits per heavy atom. The van der Waals surface area contributed by atoms with Gasteiger partial charge < -0.3 is 15.0 Å². The molecule has 2 N–H and O–H groups in total. The molecule has 0 spiro atoms. The molecule has 158 valence electrons. The van der Waals surface area contributed by atoms with Gasteiger partial charge in [0.25, 0.3) is 5.91 Å². The molecule has 3 rings (SSSR count). The van der Waals surface area contributed by atoms with Crippen molar-refractivity contribution in [1.82, 2.24) is 15.2 Å². The van der Waals surface area contributed by atoms with Gasteiger partial charge in [-0.1, -0.05) is 19.1 Å². The fourth-order valence-corrected chi connectivity index (χ4v) is 4.06. The Morgan fingerprint density at radius 3 is 2.27 bits per heavy atom. The quantitative estimate of drug-likeness (QED) is 0.538. The van der Waals surface area contributed by atoms with Crippen LogP contribution in [-0.2, 0) is 10.3 Å². The molecule has 1 saturated heterocycles. The van der Waals surface area contributed by atoms with Crippen LogP contribution in [0.1, 0.15) is 57.9 Å². The van der Waals surface area contributed by atoms with Crippen molar-refractivity contribution in [2.75, 3.05) is 13.7 Å². The van der Waals surface area contributed by atoms with Gasteiger partial charge in [-0.2, -0.15) is 0 Å². The number of benzene rings is 1. The number of imide groups is 1. The van der Waals surface area contributed by atoms with Crippen LogP contribution in [0, 0.1) is 13.8 Å². The number of nitrogens with one attached hydrogen (secondary N) is 2. The third-order valence-corrected chi connectivity index (χ3v) is 5.66. The summed E-state index contributed by atoms with van der Waals surface area (Å²) in [5.74, 6) is -0.443. The smallest absolute Gasteiger partial charge is 0.325 e. The van der Waals surface area contributed by atoms with E-state index in [4.69, 9.17) is 4.74 Å². The minimum Gasteiger partial charge on any atom is -0.497 e. The summed E-state index contributed by atoms with van der Waals surface area (Å²) in [4.78, 5) is 54.5. The monoisotopic (exact) mass is 411 g/mol. The molecular weight excluding hydrogens is 386 g/mol. The van der Waals surface area contributed by atoms with Crippen LogP contribution in [0.2, 0.25) is 0 Å². The number of nitrogens with zero attached hydrogens (tertiary/aromatic N) is 1. The van der Waals surface area contributed by atoms with Gasteiger partial charge in [0.05, 0.1) is 19.3 Å². The van der Waals surface area contributed by atoms with Crippen LogP contribution < -0.4 is 10.1 Å². The molecule has 2 heterocycles. The normalized spacial score (nSPS) is 18.5. The lowest BCUT2D eigenvalue weighted by Crippen LogP contribution is -2.43. The number of aromatic nitrogens is 1. The molecule has 1 aromatic carbocycles. The van der Waals surface area contributed by atoms with Gasteiger partial charge in [-0.25, -0.2) is 4.79 Å². The number of aryl methyl sites for hydroxylation is 1. The number of carbonyl (C=O) groups is 4. The van der Waals surface area contributed by atoms with E-state index in [1.54, 1.807) is 52.1 Å². The maximum absolute atomic E-state index is 13.3. The molecule has 0 aliphatic carbocycles. The summed E-state index contributed by atoms with van der Waals surface area (Å²) in [6, 6.07) is 6.26. The van der Waals surface area contributed by atoms with Crippen molar-refractivity contribution in [3.05, 3.63) is 52.3 Å². The molecule has 1 aliphatic rings. The van der Waals surface area contributed by atoms with Gasteiger partial charge in [0.1, 0.15) is 11.3 Å². The Bertz CT molecular complexity index is 1040. The highest BCUT2D eigenvalue weighted by molar-refractivity contribution is 6.12. The number of Topliss-reactive ketones (excluding diaryl/α,β-unsaturated/α-hetero) is 2. The average Bonchev–Trinajstić information content (AvgIpc) is 3.15. The highest BCUT2D eigenvalue weighted by Crippen LogP contribution is 2.33. The van der Waals surface area contributed by atoms with Crippen molar-refractivity contribution >= 4 is 23.5 Å². The molecule has 3 amide bonds. The Hall–Kier alpha value is -3.42. The van der Waals surface area contributed by atoms with Gasteiger partial charge in [-0.05, 0) is 50.5 Å². The number of ether oxygens (including phenoxy) is 1. The van der Waals surface area contributed by atoms with E-state index in [1.165, 1.54) is 6.92 Å². The first-order valence-electron chi connectivity index (χ1n) is 9.68. The number of urea groups is 1. The SMILES string of the molecule is CC[C@]1(c2ccc(OC)cc2)NC(=O)N(CC(=O)c2[nH]c(C)c(C(C)=O)c2C)C1=O. The van der Waals surface area contributed by atoms with Gasteiger partial charge in [-0.15, -0.1) is 0 Å². The van der Waals surface area contributed by atoms with Gasteiger partial charge in [0.2, 0.25) is 0 Å². The maximum Gasteiger partial charge on any atom is 0.325 e. The molecule has 0 saturated carbocycles. The molecule has 1 aromatic heterocycles. The largest absolute Gasteiger partial charge is 0.497 e. The second kappa shape index (κ2) is 7.78. The number of ketones is 2. The molecule has 2 aromatic rings. The number of carbonyl (C=O) groups excluding carboxylic acids is 4. The summed E-state index contributed by atoms with van der Waals surface area (Å²) in [5, 5.41) is 2.76. The van der Waals surface area contributed by atoms with Crippen LogP contribution in [0.3, 0.4) is 0 Å². The molecule has 30 heavy (non-hydrogen) atoms. The number of hydrogen-bond donors (Lipinski definition) is 2. The lowest BCUT2D eigenvalue weighted by molar-refractivity contribution is -0.131. The summed E-state index contributed by atoms with van der Waals surface area (Å²) in [6.45, 7) is 6.19. The maximum atomic E-state index is 13.3. The predicted octanol–water partition coefficient (Wildman–Crippen LogP) is 2.88.